The number of nitrogens with one attached hydrogen (secondary N) is 1. The van der Waals surface area contributed by atoms with Gasteiger partial charge in [0.2, 0.25) is 0 Å². The normalized spacial score (nSPS) is 11.7. The molecule has 0 saturated heterocycles. The van der Waals surface area contributed by atoms with Gasteiger partial charge in [-0.05, 0) is 25.1 Å². The van der Waals surface area contributed by atoms with Crippen LogP contribution >= 0.6 is 0 Å². The van der Waals surface area contributed by atoms with Gasteiger partial charge >= 0.3 is 0 Å². The van der Waals surface area contributed by atoms with Crippen LogP contribution in [0.5, 0.6) is 11.5 Å². The van der Waals surface area contributed by atoms with Crippen molar-refractivity contribution in [2.45, 2.75) is 19.5 Å². The number of aryl methyl sites for hydroxylation is 1. The predicted octanol–water partition coefficient (Wildman–Crippen LogP) is 3.06. The fraction of sp³-hybridized carbons (Fsp3) is 0.235. The summed E-state index contributed by atoms with van der Waals surface area (Å²) in [5.41, 5.74) is 2.56. The first-order valence-corrected chi connectivity index (χ1v) is 6.70. The van der Waals surface area contributed by atoms with Crippen LogP contribution in [0.3, 0.4) is 0 Å². The molecule has 108 valence electrons. The van der Waals surface area contributed by atoms with Gasteiger partial charge in [0.1, 0.15) is 17.5 Å². The highest BCUT2D eigenvalue weighted by Gasteiger charge is 2.15. The molecule has 0 aliphatic rings. The van der Waals surface area contributed by atoms with Crippen LogP contribution in [-0.4, -0.2) is 12.2 Å². The van der Waals surface area contributed by atoms with Crippen molar-refractivity contribution in [2.75, 3.05) is 7.11 Å². The molecule has 0 spiro atoms. The smallest absolute Gasteiger partial charge is 0.125 e. The first kappa shape index (κ1) is 14.9. The molecule has 2 rings (SSSR count). The van der Waals surface area contributed by atoms with Crippen LogP contribution in [-0.2, 0) is 6.54 Å². The zero-order chi connectivity index (χ0) is 15.2. The molecule has 1 unspecified atom stereocenters. The Balaban J connectivity index is 2.17. The second-order valence-corrected chi connectivity index (χ2v) is 4.82. The minimum Gasteiger partial charge on any atom is -0.508 e. The summed E-state index contributed by atoms with van der Waals surface area (Å²) in [6.07, 6.45) is 0. The van der Waals surface area contributed by atoms with Crippen molar-refractivity contribution in [3.05, 3.63) is 59.2 Å². The van der Waals surface area contributed by atoms with E-state index in [9.17, 15) is 10.4 Å². The van der Waals surface area contributed by atoms with Crippen molar-refractivity contribution in [3.8, 4) is 17.6 Å². The van der Waals surface area contributed by atoms with Crippen LogP contribution in [0.25, 0.3) is 0 Å². The highest BCUT2D eigenvalue weighted by atomic mass is 16.5. The fourth-order valence-corrected chi connectivity index (χ4v) is 2.19. The average molecular weight is 282 g/mol. The molecule has 0 fully saturated rings. The highest BCUT2D eigenvalue weighted by Crippen LogP contribution is 2.26. The molecule has 0 heterocycles. The predicted molar refractivity (Wildman–Crippen MR) is 81.0 cm³/mol. The number of nitriles is 1. The first-order valence-electron chi connectivity index (χ1n) is 6.70. The molecule has 0 aromatic heterocycles. The van der Waals surface area contributed by atoms with Crippen LogP contribution < -0.4 is 10.1 Å². The highest BCUT2D eigenvalue weighted by molar-refractivity contribution is 5.41. The number of hydrogen-bond donors (Lipinski definition) is 2. The zero-order valence-corrected chi connectivity index (χ0v) is 12.1. The van der Waals surface area contributed by atoms with Gasteiger partial charge in [0.25, 0.3) is 0 Å². The van der Waals surface area contributed by atoms with Crippen molar-refractivity contribution in [1.29, 1.82) is 5.26 Å². The SMILES string of the molecule is COc1ccccc1CNC(C#N)c1cc(C)ccc1O. The van der Waals surface area contributed by atoms with E-state index in [1.54, 1.807) is 13.2 Å². The summed E-state index contributed by atoms with van der Waals surface area (Å²) in [6, 6.07) is 14.5. The lowest BCUT2D eigenvalue weighted by Gasteiger charge is -2.15. The van der Waals surface area contributed by atoms with Crippen LogP contribution in [0.1, 0.15) is 22.7 Å². The Morgan fingerprint density at radius 1 is 1.29 bits per heavy atom. The van der Waals surface area contributed by atoms with Crippen LogP contribution in [0, 0.1) is 18.3 Å². The maximum atomic E-state index is 9.92. The van der Waals surface area contributed by atoms with E-state index in [1.807, 2.05) is 43.3 Å². The summed E-state index contributed by atoms with van der Waals surface area (Å²) in [5.74, 6) is 0.898. The van der Waals surface area contributed by atoms with Gasteiger partial charge in [-0.15, -0.1) is 0 Å². The lowest BCUT2D eigenvalue weighted by molar-refractivity contribution is 0.406. The van der Waals surface area contributed by atoms with Gasteiger partial charge in [-0.25, -0.2) is 0 Å². The number of hydrogen-bond acceptors (Lipinski definition) is 4. The first-order chi connectivity index (χ1) is 10.2. The number of methoxy groups -OCH3 is 1. The molecule has 1 atom stereocenters. The Morgan fingerprint density at radius 3 is 2.76 bits per heavy atom. The number of ether oxygens (including phenoxy) is 1. The maximum Gasteiger partial charge on any atom is 0.125 e. The van der Waals surface area contributed by atoms with E-state index in [-0.39, 0.29) is 5.75 Å². The third-order valence-corrected chi connectivity index (χ3v) is 3.31. The quantitative estimate of drug-likeness (QED) is 0.884. The summed E-state index contributed by atoms with van der Waals surface area (Å²) in [6.45, 7) is 2.41. The number of phenols is 1. The average Bonchev–Trinajstić information content (AvgIpc) is 2.51. The molecule has 0 amide bonds. The number of rotatable bonds is 5. The summed E-state index contributed by atoms with van der Waals surface area (Å²) < 4.78 is 5.29. The summed E-state index contributed by atoms with van der Waals surface area (Å²) in [7, 11) is 1.62. The second kappa shape index (κ2) is 6.78. The Labute approximate surface area is 124 Å². The molecule has 4 nitrogen and oxygen atoms in total. The van der Waals surface area contributed by atoms with Gasteiger partial charge in [-0.2, -0.15) is 5.26 Å². The molecule has 2 aromatic rings. The van der Waals surface area contributed by atoms with E-state index >= 15 is 0 Å². The topological polar surface area (TPSA) is 65.3 Å². The molecule has 4 heteroatoms. The number of nitrogens with zero attached hydrogens (tertiary/aromatic N) is 1. The molecule has 0 bridgehead atoms. The lowest BCUT2D eigenvalue weighted by Crippen LogP contribution is -2.20. The van der Waals surface area contributed by atoms with Gasteiger partial charge in [0, 0.05) is 17.7 Å². The largest absolute Gasteiger partial charge is 0.508 e. The monoisotopic (exact) mass is 282 g/mol. The van der Waals surface area contributed by atoms with Gasteiger partial charge in [-0.3, -0.25) is 5.32 Å². The van der Waals surface area contributed by atoms with Gasteiger partial charge < -0.3 is 9.84 Å². The van der Waals surface area contributed by atoms with E-state index in [0.717, 1.165) is 16.9 Å². The fourth-order valence-electron chi connectivity index (χ4n) is 2.19. The molecular formula is C17H18N2O2. The Hall–Kier alpha value is -2.51. The maximum absolute atomic E-state index is 9.92. The van der Waals surface area contributed by atoms with Gasteiger partial charge in [-0.1, -0.05) is 29.8 Å². The molecule has 2 aromatic carbocycles. The summed E-state index contributed by atoms with van der Waals surface area (Å²) in [5, 5.41) is 22.4. The van der Waals surface area contributed by atoms with Gasteiger partial charge in [0.15, 0.2) is 0 Å². The molecule has 0 aliphatic heterocycles. The molecule has 2 N–H and O–H groups in total. The molecule has 0 aliphatic carbocycles. The number of phenolic OH excluding ortho intramolecular Hbond substituents is 1. The third-order valence-electron chi connectivity index (χ3n) is 3.31. The summed E-state index contributed by atoms with van der Waals surface area (Å²) >= 11 is 0. The number of para-hydroxylation sites is 1. The van der Waals surface area contributed by atoms with E-state index in [1.165, 1.54) is 0 Å². The van der Waals surface area contributed by atoms with Gasteiger partial charge in [0.05, 0.1) is 13.2 Å². The minimum atomic E-state index is -0.574. The van der Waals surface area contributed by atoms with E-state index in [0.29, 0.717) is 12.1 Å². The van der Waals surface area contributed by atoms with E-state index < -0.39 is 6.04 Å². The minimum absolute atomic E-state index is 0.125. The van der Waals surface area contributed by atoms with Crippen molar-refractivity contribution >= 4 is 0 Å². The second-order valence-electron chi connectivity index (χ2n) is 4.82. The third kappa shape index (κ3) is 3.53. The standard InChI is InChI=1S/C17H18N2O2/c1-12-7-8-16(20)14(9-12)15(10-18)19-11-13-5-3-4-6-17(13)21-2/h3-9,15,19-20H,11H2,1-2H3. The van der Waals surface area contributed by atoms with Crippen LogP contribution in [0.15, 0.2) is 42.5 Å². The van der Waals surface area contributed by atoms with Crippen LogP contribution in [0.2, 0.25) is 0 Å². The zero-order valence-electron chi connectivity index (χ0n) is 12.1. The van der Waals surface area contributed by atoms with Crippen molar-refractivity contribution in [2.24, 2.45) is 0 Å². The Morgan fingerprint density at radius 2 is 2.05 bits per heavy atom. The number of benzene rings is 2. The lowest BCUT2D eigenvalue weighted by atomic mass is 10.0. The molecular weight excluding hydrogens is 264 g/mol. The Kier molecular flexibility index (Phi) is 4.81. The van der Waals surface area contributed by atoms with Crippen molar-refractivity contribution in [1.82, 2.24) is 5.32 Å². The number of aromatic hydroxyl groups is 1. The van der Waals surface area contributed by atoms with E-state index in [4.69, 9.17) is 4.74 Å². The van der Waals surface area contributed by atoms with Crippen molar-refractivity contribution in [3.63, 3.8) is 0 Å². The molecule has 0 saturated carbocycles. The van der Waals surface area contributed by atoms with Crippen LogP contribution in [0.4, 0.5) is 0 Å². The van der Waals surface area contributed by atoms with E-state index in [2.05, 4.69) is 11.4 Å². The molecule has 0 radical (unpaired) electrons. The van der Waals surface area contributed by atoms with Crippen molar-refractivity contribution < 1.29 is 9.84 Å². The Bertz CT molecular complexity index is 662. The molecule has 21 heavy (non-hydrogen) atoms. The summed E-state index contributed by atoms with van der Waals surface area (Å²) in [4.78, 5) is 0.